The van der Waals surface area contributed by atoms with Crippen LogP contribution in [0.1, 0.15) is 63.7 Å². The van der Waals surface area contributed by atoms with E-state index < -0.39 is 0 Å². The zero-order chi connectivity index (χ0) is 15.0. The highest BCUT2D eigenvalue weighted by Crippen LogP contribution is 2.41. The molecule has 0 radical (unpaired) electrons. The van der Waals surface area contributed by atoms with Crippen LogP contribution in [0.5, 0.6) is 0 Å². The van der Waals surface area contributed by atoms with E-state index in [-0.39, 0.29) is 5.38 Å². The van der Waals surface area contributed by atoms with Crippen molar-refractivity contribution in [3.8, 4) is 0 Å². The van der Waals surface area contributed by atoms with Crippen LogP contribution in [0.25, 0.3) is 11.2 Å². The number of halogens is 1. The lowest BCUT2D eigenvalue weighted by atomic mass is 9.77. The molecule has 0 amide bonds. The largest absolute Gasteiger partial charge is 0.308 e. The first-order valence-electron chi connectivity index (χ1n) is 8.06. The minimum atomic E-state index is -0.0889. The maximum atomic E-state index is 6.42. The molecule has 3 unspecified atom stereocenters. The summed E-state index contributed by atoms with van der Waals surface area (Å²) in [5.41, 5.74) is 1.96. The first kappa shape index (κ1) is 14.8. The fourth-order valence-electron chi connectivity index (χ4n) is 3.79. The molecule has 0 bridgehead atoms. The van der Waals surface area contributed by atoms with Crippen LogP contribution in [0.4, 0.5) is 0 Å². The number of aromatic nitrogens is 3. The Morgan fingerprint density at radius 3 is 2.71 bits per heavy atom. The third-order valence-electron chi connectivity index (χ3n) is 4.80. The number of nitrogens with zero attached hydrogens (tertiary/aromatic N) is 3. The van der Waals surface area contributed by atoms with Crippen LogP contribution in [-0.4, -0.2) is 14.5 Å². The van der Waals surface area contributed by atoms with Crippen molar-refractivity contribution in [1.29, 1.82) is 0 Å². The summed E-state index contributed by atoms with van der Waals surface area (Å²) >= 11 is 6.42. The average molecular weight is 306 g/mol. The third-order valence-corrected chi connectivity index (χ3v) is 5.00. The lowest BCUT2D eigenvalue weighted by molar-refractivity contribution is 0.184. The van der Waals surface area contributed by atoms with Gasteiger partial charge in [-0.3, -0.25) is 0 Å². The van der Waals surface area contributed by atoms with Gasteiger partial charge in [0, 0.05) is 12.2 Å². The fourth-order valence-corrected chi connectivity index (χ4v) is 3.95. The van der Waals surface area contributed by atoms with E-state index >= 15 is 0 Å². The molecular formula is C17H24ClN3. The van der Waals surface area contributed by atoms with Gasteiger partial charge in [-0.05, 0) is 43.7 Å². The zero-order valence-electron chi connectivity index (χ0n) is 13.1. The Labute approximate surface area is 131 Å². The molecule has 4 heteroatoms. The predicted octanol–water partition coefficient (Wildman–Crippen LogP) is 5.12. The second kappa shape index (κ2) is 5.96. The highest BCUT2D eigenvalue weighted by molar-refractivity contribution is 6.20. The summed E-state index contributed by atoms with van der Waals surface area (Å²) in [4.78, 5) is 9.34. The molecule has 3 rings (SSSR count). The zero-order valence-corrected chi connectivity index (χ0v) is 13.8. The highest BCUT2D eigenvalue weighted by Gasteiger charge is 2.32. The summed E-state index contributed by atoms with van der Waals surface area (Å²) < 4.78 is 2.34. The van der Waals surface area contributed by atoms with Gasteiger partial charge in [0.15, 0.2) is 5.65 Å². The Bertz CT molecular complexity index is 618. The molecule has 2 heterocycles. The molecule has 1 aliphatic rings. The molecule has 0 N–H and O–H groups in total. The molecule has 0 saturated heterocycles. The van der Waals surface area contributed by atoms with Crippen LogP contribution in [0.15, 0.2) is 18.3 Å². The molecule has 114 valence electrons. The summed E-state index contributed by atoms with van der Waals surface area (Å²) in [7, 11) is 0. The van der Waals surface area contributed by atoms with Crippen LogP contribution < -0.4 is 0 Å². The van der Waals surface area contributed by atoms with Crippen molar-refractivity contribution in [3.63, 3.8) is 0 Å². The van der Waals surface area contributed by atoms with Crippen LogP contribution >= 0.6 is 11.6 Å². The van der Waals surface area contributed by atoms with Crippen molar-refractivity contribution in [2.75, 3.05) is 0 Å². The van der Waals surface area contributed by atoms with Crippen LogP contribution in [0.3, 0.4) is 0 Å². The van der Waals surface area contributed by atoms with Crippen molar-refractivity contribution < 1.29 is 0 Å². The molecule has 3 atom stereocenters. The minimum absolute atomic E-state index is 0.0889. The third kappa shape index (κ3) is 2.68. The van der Waals surface area contributed by atoms with Gasteiger partial charge in [-0.2, -0.15) is 0 Å². The number of imidazole rings is 1. The van der Waals surface area contributed by atoms with E-state index in [0.29, 0.717) is 17.9 Å². The van der Waals surface area contributed by atoms with E-state index in [1.807, 2.05) is 25.3 Å². The number of hydrogen-bond donors (Lipinski definition) is 0. The quantitative estimate of drug-likeness (QED) is 0.737. The fraction of sp³-hybridized carbons (Fsp3) is 0.647. The van der Waals surface area contributed by atoms with Gasteiger partial charge >= 0.3 is 0 Å². The molecule has 21 heavy (non-hydrogen) atoms. The van der Waals surface area contributed by atoms with Crippen molar-refractivity contribution in [1.82, 2.24) is 14.5 Å². The highest BCUT2D eigenvalue weighted by atomic mass is 35.5. The number of hydrogen-bond acceptors (Lipinski definition) is 2. The molecule has 1 fully saturated rings. The van der Waals surface area contributed by atoms with E-state index in [9.17, 15) is 0 Å². The monoisotopic (exact) mass is 305 g/mol. The van der Waals surface area contributed by atoms with Gasteiger partial charge in [0.05, 0.1) is 5.38 Å². The molecule has 0 spiro atoms. The number of rotatable bonds is 3. The normalized spacial score (nSPS) is 24.6. The molecular weight excluding hydrogens is 282 g/mol. The summed E-state index contributed by atoms with van der Waals surface area (Å²) in [6.45, 7) is 6.67. The smallest absolute Gasteiger partial charge is 0.160 e. The summed E-state index contributed by atoms with van der Waals surface area (Å²) in [6, 6.07) is 4.47. The SMILES string of the molecule is CC(Cl)c1nc2cccnc2n1C1CCCCC1C(C)C. The Morgan fingerprint density at radius 2 is 2.00 bits per heavy atom. The van der Waals surface area contributed by atoms with Crippen molar-refractivity contribution in [2.45, 2.75) is 57.9 Å². The van der Waals surface area contributed by atoms with Gasteiger partial charge in [0.25, 0.3) is 0 Å². The number of alkyl halides is 1. The average Bonchev–Trinajstić information content (AvgIpc) is 2.86. The topological polar surface area (TPSA) is 30.7 Å². The molecule has 2 aromatic heterocycles. The Morgan fingerprint density at radius 1 is 1.24 bits per heavy atom. The lowest BCUT2D eigenvalue weighted by Gasteiger charge is -2.36. The van der Waals surface area contributed by atoms with E-state index in [4.69, 9.17) is 16.6 Å². The predicted molar refractivity (Wildman–Crippen MR) is 87.6 cm³/mol. The van der Waals surface area contributed by atoms with E-state index in [2.05, 4.69) is 23.4 Å². The van der Waals surface area contributed by atoms with Crippen molar-refractivity contribution in [2.24, 2.45) is 11.8 Å². The molecule has 0 aliphatic heterocycles. The van der Waals surface area contributed by atoms with Crippen LogP contribution in [0, 0.1) is 11.8 Å². The molecule has 2 aromatic rings. The molecule has 1 saturated carbocycles. The van der Waals surface area contributed by atoms with Gasteiger partial charge in [-0.1, -0.05) is 26.7 Å². The van der Waals surface area contributed by atoms with Gasteiger partial charge in [0.2, 0.25) is 0 Å². The summed E-state index contributed by atoms with van der Waals surface area (Å²) in [5.74, 6) is 2.34. The maximum Gasteiger partial charge on any atom is 0.160 e. The Balaban J connectivity index is 2.14. The molecule has 1 aliphatic carbocycles. The standard InChI is InChI=1S/C17H24ClN3/c1-11(2)13-7-4-5-9-15(13)21-16(12(3)18)20-14-8-6-10-19-17(14)21/h6,8,10-13,15H,4-5,7,9H2,1-3H3. The Hall–Kier alpha value is -1.09. The Kier molecular flexibility index (Phi) is 4.21. The lowest BCUT2D eigenvalue weighted by Crippen LogP contribution is -2.28. The second-order valence-electron chi connectivity index (χ2n) is 6.56. The van der Waals surface area contributed by atoms with Crippen molar-refractivity contribution >= 4 is 22.8 Å². The van der Waals surface area contributed by atoms with Crippen LogP contribution in [-0.2, 0) is 0 Å². The van der Waals surface area contributed by atoms with Gasteiger partial charge in [-0.15, -0.1) is 11.6 Å². The summed E-state index contributed by atoms with van der Waals surface area (Å²) in [6.07, 6.45) is 6.99. The van der Waals surface area contributed by atoms with E-state index in [0.717, 1.165) is 17.0 Å². The van der Waals surface area contributed by atoms with Crippen molar-refractivity contribution in [3.05, 3.63) is 24.2 Å². The maximum absolute atomic E-state index is 6.42. The van der Waals surface area contributed by atoms with Crippen LogP contribution in [0.2, 0.25) is 0 Å². The number of fused-ring (bicyclic) bond motifs is 1. The first-order valence-corrected chi connectivity index (χ1v) is 8.50. The van der Waals surface area contributed by atoms with Gasteiger partial charge < -0.3 is 4.57 Å². The molecule has 3 nitrogen and oxygen atoms in total. The minimum Gasteiger partial charge on any atom is -0.308 e. The second-order valence-corrected chi connectivity index (χ2v) is 7.22. The van der Waals surface area contributed by atoms with Gasteiger partial charge in [0.1, 0.15) is 11.3 Å². The van der Waals surface area contributed by atoms with E-state index in [1.165, 1.54) is 25.7 Å². The molecule has 0 aromatic carbocycles. The number of pyridine rings is 1. The van der Waals surface area contributed by atoms with Gasteiger partial charge in [-0.25, -0.2) is 9.97 Å². The summed E-state index contributed by atoms with van der Waals surface area (Å²) in [5, 5.41) is -0.0889. The first-order chi connectivity index (χ1) is 10.1. The van der Waals surface area contributed by atoms with E-state index in [1.54, 1.807) is 0 Å².